The highest BCUT2D eigenvalue weighted by Gasteiger charge is 2.15. The number of allylic oxidation sites excluding steroid dienone is 3. The van der Waals surface area contributed by atoms with Crippen molar-refractivity contribution >= 4 is 19.0 Å². The number of benzene rings is 1. The Balaban J connectivity index is 1.88. The van der Waals surface area contributed by atoms with Crippen molar-refractivity contribution in [3.63, 3.8) is 0 Å². The summed E-state index contributed by atoms with van der Waals surface area (Å²) in [6.07, 6.45) is 5.92. The molecule has 100 valence electrons. The van der Waals surface area contributed by atoms with E-state index in [2.05, 4.69) is 6.07 Å². The molecule has 0 N–H and O–H groups in total. The minimum absolute atomic E-state index is 0.108. The average molecular weight is 305 g/mol. The Hall–Kier alpha value is -2.00. The van der Waals surface area contributed by atoms with Gasteiger partial charge in [-0.05, 0) is 54.1 Å². The fourth-order valence-electron chi connectivity index (χ4n) is 1.54. The summed E-state index contributed by atoms with van der Waals surface area (Å²) in [6, 6.07) is 10.8. The van der Waals surface area contributed by atoms with Crippen LogP contribution in [0.25, 0.3) is 0 Å². The molecule has 0 saturated carbocycles. The van der Waals surface area contributed by atoms with E-state index in [1.165, 1.54) is 0 Å². The third-order valence-corrected chi connectivity index (χ3v) is 3.69. The molecule has 0 radical (unpaired) electrons. The predicted molar refractivity (Wildman–Crippen MR) is 76.6 cm³/mol. The van der Waals surface area contributed by atoms with E-state index in [0.717, 1.165) is 0 Å². The normalized spacial score (nSPS) is 18.4. The van der Waals surface area contributed by atoms with Crippen LogP contribution in [0.15, 0.2) is 48.3 Å². The molecule has 2 unspecified atom stereocenters. The Labute approximate surface area is 123 Å². The highest BCUT2D eigenvalue weighted by atomic mass is 35.7. The van der Waals surface area contributed by atoms with Gasteiger partial charge in [-0.1, -0.05) is 6.08 Å². The number of hydrogen-bond donors (Lipinski definition) is 0. The second kappa shape index (κ2) is 6.96. The van der Waals surface area contributed by atoms with E-state index < -0.39 is 7.73 Å². The maximum Gasteiger partial charge on any atom is 0.401 e. The lowest BCUT2D eigenvalue weighted by atomic mass is 10.0. The molecule has 1 aromatic rings. The number of nitriles is 2. The third-order valence-electron chi connectivity index (χ3n) is 2.57. The lowest BCUT2D eigenvalue weighted by Crippen LogP contribution is -1.98. The van der Waals surface area contributed by atoms with Crippen molar-refractivity contribution in [2.45, 2.75) is 6.42 Å². The van der Waals surface area contributed by atoms with Crippen LogP contribution < -0.4 is 4.52 Å². The van der Waals surface area contributed by atoms with Gasteiger partial charge in [0, 0.05) is 0 Å². The van der Waals surface area contributed by atoms with E-state index in [1.54, 1.807) is 36.4 Å². The van der Waals surface area contributed by atoms with Gasteiger partial charge in [0.25, 0.3) is 0 Å². The second-order valence-electron chi connectivity index (χ2n) is 3.97. The molecule has 0 aromatic heterocycles. The second-order valence-corrected chi connectivity index (χ2v) is 5.59. The van der Waals surface area contributed by atoms with E-state index in [-0.39, 0.29) is 5.92 Å². The van der Waals surface area contributed by atoms with Crippen LogP contribution in [0.1, 0.15) is 12.0 Å². The van der Waals surface area contributed by atoms with Crippen molar-refractivity contribution in [1.82, 2.24) is 0 Å². The van der Waals surface area contributed by atoms with E-state index >= 15 is 0 Å². The van der Waals surface area contributed by atoms with Gasteiger partial charge in [-0.2, -0.15) is 10.5 Å². The van der Waals surface area contributed by atoms with Crippen LogP contribution in [-0.4, -0.2) is 0 Å². The maximum absolute atomic E-state index is 8.76. The van der Waals surface area contributed by atoms with E-state index in [0.29, 0.717) is 23.5 Å². The van der Waals surface area contributed by atoms with Crippen molar-refractivity contribution in [2.24, 2.45) is 5.92 Å². The first-order valence-corrected chi connectivity index (χ1v) is 7.89. The van der Waals surface area contributed by atoms with Gasteiger partial charge in [-0.3, -0.25) is 0 Å². The van der Waals surface area contributed by atoms with Gasteiger partial charge in [0.15, 0.2) is 0 Å². The van der Waals surface area contributed by atoms with Gasteiger partial charge in [0.2, 0.25) is 0 Å². The number of nitrogens with zero attached hydrogens (tertiary/aromatic N) is 2. The van der Waals surface area contributed by atoms with Gasteiger partial charge in [-0.25, -0.2) is 0 Å². The van der Waals surface area contributed by atoms with Gasteiger partial charge in [-0.15, -0.1) is 0 Å². The van der Waals surface area contributed by atoms with Crippen LogP contribution in [0.2, 0.25) is 0 Å². The largest absolute Gasteiger partial charge is 0.428 e. The van der Waals surface area contributed by atoms with Crippen LogP contribution in [0.5, 0.6) is 5.75 Å². The van der Waals surface area contributed by atoms with Gasteiger partial charge in [0.1, 0.15) is 11.5 Å². The Morgan fingerprint density at radius 2 is 1.95 bits per heavy atom. The van der Waals surface area contributed by atoms with E-state index in [4.69, 9.17) is 30.8 Å². The Morgan fingerprint density at radius 3 is 2.50 bits per heavy atom. The molecule has 0 heterocycles. The highest BCUT2D eigenvalue weighted by molar-refractivity contribution is 7.76. The minimum Gasteiger partial charge on any atom is -0.428 e. The molecule has 0 bridgehead atoms. The first-order chi connectivity index (χ1) is 9.71. The summed E-state index contributed by atoms with van der Waals surface area (Å²) in [6.45, 7) is 0. The van der Waals surface area contributed by atoms with Crippen LogP contribution >= 0.6 is 19.0 Å². The molecule has 2 atom stereocenters. The van der Waals surface area contributed by atoms with Crippen molar-refractivity contribution in [3.05, 3.63) is 53.8 Å². The molecule has 0 spiro atoms. The third kappa shape index (κ3) is 4.00. The van der Waals surface area contributed by atoms with Crippen molar-refractivity contribution in [1.29, 1.82) is 10.5 Å². The number of rotatable bonds is 4. The molecule has 0 fully saturated rings. The molecule has 1 aromatic carbocycles. The van der Waals surface area contributed by atoms with E-state index in [9.17, 15) is 0 Å². The zero-order valence-electron chi connectivity index (χ0n) is 10.4. The summed E-state index contributed by atoms with van der Waals surface area (Å²) < 4.78 is 10.9. The fraction of sp³-hybridized carbons (Fsp3) is 0.143. The van der Waals surface area contributed by atoms with Gasteiger partial charge >= 0.3 is 7.73 Å². The summed E-state index contributed by atoms with van der Waals surface area (Å²) in [7, 11) is -1.63. The monoisotopic (exact) mass is 304 g/mol. The molecular formula is C14H10ClN2O2P. The molecular weight excluding hydrogens is 295 g/mol. The standard InChI is InChI=1S/C14H10ClN2O2P/c15-20(18-13-5-1-11(9-16)2-6-13)19-14-7-3-12(10-17)4-8-14/h1-3,5-8,12H,4H2. The SMILES string of the molecule is N#Cc1ccc(OP(Cl)OC2=CCC(C#N)C=C2)cc1. The lowest BCUT2D eigenvalue weighted by Gasteiger charge is -2.15. The zero-order valence-corrected chi connectivity index (χ0v) is 12.0. The van der Waals surface area contributed by atoms with Crippen LogP contribution in [0, 0.1) is 28.6 Å². The molecule has 0 saturated heterocycles. The summed E-state index contributed by atoms with van der Waals surface area (Å²) in [5, 5.41) is 17.4. The molecule has 4 nitrogen and oxygen atoms in total. The summed E-state index contributed by atoms with van der Waals surface area (Å²) in [5.74, 6) is 1.04. The first-order valence-electron chi connectivity index (χ1n) is 5.81. The Morgan fingerprint density at radius 1 is 1.20 bits per heavy atom. The van der Waals surface area contributed by atoms with E-state index in [1.807, 2.05) is 12.1 Å². The molecule has 0 aliphatic heterocycles. The Kier molecular flexibility index (Phi) is 5.02. The van der Waals surface area contributed by atoms with Crippen molar-refractivity contribution in [3.8, 4) is 17.9 Å². The maximum atomic E-state index is 8.76. The van der Waals surface area contributed by atoms with Crippen LogP contribution in [0.3, 0.4) is 0 Å². The molecule has 20 heavy (non-hydrogen) atoms. The summed E-state index contributed by atoms with van der Waals surface area (Å²) in [5.41, 5.74) is 0.553. The topological polar surface area (TPSA) is 66.0 Å². The van der Waals surface area contributed by atoms with Crippen LogP contribution in [0.4, 0.5) is 0 Å². The molecule has 6 heteroatoms. The van der Waals surface area contributed by atoms with Crippen molar-refractivity contribution < 1.29 is 9.05 Å². The number of hydrogen-bond acceptors (Lipinski definition) is 4. The van der Waals surface area contributed by atoms with Crippen molar-refractivity contribution in [2.75, 3.05) is 0 Å². The smallest absolute Gasteiger partial charge is 0.401 e. The first kappa shape index (κ1) is 14.4. The summed E-state index contributed by atoms with van der Waals surface area (Å²) in [4.78, 5) is 0. The number of halogens is 1. The summed E-state index contributed by atoms with van der Waals surface area (Å²) >= 11 is 6.01. The lowest BCUT2D eigenvalue weighted by molar-refractivity contribution is 0.428. The molecule has 1 aliphatic rings. The fourth-order valence-corrected chi connectivity index (χ4v) is 2.64. The van der Waals surface area contributed by atoms with Gasteiger partial charge in [0.05, 0.1) is 23.6 Å². The minimum atomic E-state index is -1.63. The zero-order chi connectivity index (χ0) is 14.4. The van der Waals surface area contributed by atoms with Gasteiger partial charge < -0.3 is 9.05 Å². The van der Waals surface area contributed by atoms with Crippen LogP contribution in [-0.2, 0) is 4.52 Å². The highest BCUT2D eigenvalue weighted by Crippen LogP contribution is 2.46. The Bertz CT molecular complexity index is 614. The molecule has 0 amide bonds. The quantitative estimate of drug-likeness (QED) is 0.773. The average Bonchev–Trinajstić information content (AvgIpc) is 2.49. The molecule has 2 rings (SSSR count). The molecule has 1 aliphatic carbocycles. The predicted octanol–water partition coefficient (Wildman–Crippen LogP) is 4.40.